The molecule has 7 heteroatoms. The second kappa shape index (κ2) is 7.63. The van der Waals surface area contributed by atoms with Crippen LogP contribution in [0.5, 0.6) is 11.5 Å². The number of amides is 2. The van der Waals surface area contributed by atoms with Gasteiger partial charge in [-0.15, -0.1) is 0 Å². The highest BCUT2D eigenvalue weighted by molar-refractivity contribution is 5.84. The van der Waals surface area contributed by atoms with Gasteiger partial charge in [-0.05, 0) is 42.2 Å². The predicted molar refractivity (Wildman–Crippen MR) is 107 cm³/mol. The first-order valence-corrected chi connectivity index (χ1v) is 10.3. The number of nitrogens with zero attached hydrogens (tertiary/aromatic N) is 2. The smallest absolute Gasteiger partial charge is 0.267 e. The number of fused-ring (bicyclic) bond motifs is 1. The Morgan fingerprint density at radius 2 is 1.50 bits per heavy atom. The minimum atomic E-state index is -0.659. The number of para-hydroxylation sites is 2. The summed E-state index contributed by atoms with van der Waals surface area (Å²) < 4.78 is 24.6. The van der Waals surface area contributed by atoms with Crippen molar-refractivity contribution in [2.75, 3.05) is 32.8 Å². The molecule has 2 fully saturated rings. The van der Waals surface area contributed by atoms with Crippen LogP contribution in [0.25, 0.3) is 0 Å². The lowest BCUT2D eigenvalue weighted by Crippen LogP contribution is -2.55. The van der Waals surface area contributed by atoms with Gasteiger partial charge < -0.3 is 19.3 Å². The van der Waals surface area contributed by atoms with E-state index >= 15 is 0 Å². The Morgan fingerprint density at radius 1 is 0.867 bits per heavy atom. The van der Waals surface area contributed by atoms with Gasteiger partial charge in [-0.25, -0.2) is 4.39 Å². The molecular weight excluding hydrogens is 387 g/mol. The number of rotatable bonds is 3. The SMILES string of the molecule is O=C([C@H]1COc2ccccc2O1)N1CCN(C(=O)[C@@H]2C[C@@H]2c2ccc(F)cc2)CC1. The number of hydrogen-bond acceptors (Lipinski definition) is 4. The van der Waals surface area contributed by atoms with Crippen molar-refractivity contribution >= 4 is 11.8 Å². The maximum absolute atomic E-state index is 13.1. The second-order valence-corrected chi connectivity index (χ2v) is 8.02. The lowest BCUT2D eigenvalue weighted by molar-refractivity contribution is -0.146. The van der Waals surface area contributed by atoms with E-state index in [0.717, 1.165) is 12.0 Å². The van der Waals surface area contributed by atoms with Crippen LogP contribution in [0.2, 0.25) is 0 Å². The Hall–Kier alpha value is -3.09. The average molecular weight is 410 g/mol. The molecule has 3 atom stereocenters. The highest BCUT2D eigenvalue weighted by Gasteiger charge is 2.46. The van der Waals surface area contributed by atoms with Gasteiger partial charge in [0.25, 0.3) is 5.91 Å². The fraction of sp³-hybridized carbons (Fsp3) is 0.391. The molecule has 2 amide bonds. The fourth-order valence-electron chi connectivity index (χ4n) is 4.27. The highest BCUT2D eigenvalue weighted by Crippen LogP contribution is 2.48. The van der Waals surface area contributed by atoms with E-state index in [-0.39, 0.29) is 36.1 Å². The van der Waals surface area contributed by atoms with Crippen LogP contribution in [-0.4, -0.2) is 60.5 Å². The molecule has 3 aliphatic rings. The van der Waals surface area contributed by atoms with Crippen LogP contribution in [0.1, 0.15) is 17.9 Å². The maximum Gasteiger partial charge on any atom is 0.267 e. The molecule has 0 unspecified atom stereocenters. The van der Waals surface area contributed by atoms with E-state index in [1.54, 1.807) is 23.1 Å². The molecule has 0 bridgehead atoms. The summed E-state index contributed by atoms with van der Waals surface area (Å²) in [5.74, 6) is 1.12. The third-order valence-corrected chi connectivity index (χ3v) is 6.09. The molecule has 156 valence electrons. The van der Waals surface area contributed by atoms with Gasteiger partial charge in [0.1, 0.15) is 12.4 Å². The van der Waals surface area contributed by atoms with E-state index in [9.17, 15) is 14.0 Å². The van der Waals surface area contributed by atoms with Gasteiger partial charge in [-0.2, -0.15) is 0 Å². The summed E-state index contributed by atoms with van der Waals surface area (Å²) >= 11 is 0. The molecule has 0 spiro atoms. The predicted octanol–water partition coefficient (Wildman–Crippen LogP) is 2.44. The molecule has 2 aromatic rings. The first kappa shape index (κ1) is 18.9. The van der Waals surface area contributed by atoms with Crippen molar-refractivity contribution in [3.8, 4) is 11.5 Å². The third kappa shape index (κ3) is 3.60. The zero-order chi connectivity index (χ0) is 20.7. The van der Waals surface area contributed by atoms with Crippen LogP contribution in [0.3, 0.4) is 0 Å². The van der Waals surface area contributed by atoms with Gasteiger partial charge >= 0.3 is 0 Å². The van der Waals surface area contributed by atoms with Crippen molar-refractivity contribution in [3.63, 3.8) is 0 Å². The number of halogens is 1. The van der Waals surface area contributed by atoms with Gasteiger partial charge in [0.2, 0.25) is 12.0 Å². The minimum absolute atomic E-state index is 0.0377. The molecule has 2 heterocycles. The van der Waals surface area contributed by atoms with E-state index in [2.05, 4.69) is 0 Å². The number of hydrogen-bond donors (Lipinski definition) is 0. The Morgan fingerprint density at radius 3 is 2.20 bits per heavy atom. The second-order valence-electron chi connectivity index (χ2n) is 8.02. The molecule has 6 nitrogen and oxygen atoms in total. The van der Waals surface area contributed by atoms with E-state index < -0.39 is 6.10 Å². The summed E-state index contributed by atoms with van der Waals surface area (Å²) in [6.45, 7) is 2.19. The molecule has 1 saturated carbocycles. The summed E-state index contributed by atoms with van der Waals surface area (Å²) in [5.41, 5.74) is 1.01. The summed E-state index contributed by atoms with van der Waals surface area (Å²) in [6, 6.07) is 13.7. The zero-order valence-corrected chi connectivity index (χ0v) is 16.5. The van der Waals surface area contributed by atoms with E-state index in [4.69, 9.17) is 9.47 Å². The normalized spacial score (nSPS) is 25.0. The molecule has 0 aromatic heterocycles. The third-order valence-electron chi connectivity index (χ3n) is 6.09. The Labute approximate surface area is 174 Å². The molecule has 2 aliphatic heterocycles. The molecule has 0 N–H and O–H groups in total. The standard InChI is InChI=1S/C23H23FN2O4/c24-16-7-5-15(6-8-16)17-13-18(17)22(27)25-9-11-26(12-10-25)23(28)21-14-29-19-3-1-2-4-20(19)30-21/h1-8,17-18,21H,9-14H2/t17-,18-,21-/m1/s1. The van der Waals surface area contributed by atoms with Crippen LogP contribution in [0.4, 0.5) is 4.39 Å². The summed E-state index contributed by atoms with van der Waals surface area (Å²) in [6.07, 6.45) is 0.143. The van der Waals surface area contributed by atoms with Gasteiger partial charge in [0.15, 0.2) is 11.5 Å². The average Bonchev–Trinajstić information content (AvgIpc) is 3.59. The fourth-order valence-corrected chi connectivity index (χ4v) is 4.27. The number of ether oxygens (including phenoxy) is 2. The number of piperazine rings is 1. The van der Waals surface area contributed by atoms with E-state index in [1.807, 2.05) is 23.1 Å². The maximum atomic E-state index is 13.1. The topological polar surface area (TPSA) is 59.1 Å². The van der Waals surface area contributed by atoms with E-state index in [0.29, 0.717) is 37.7 Å². The molecule has 1 saturated heterocycles. The highest BCUT2D eigenvalue weighted by atomic mass is 19.1. The zero-order valence-electron chi connectivity index (χ0n) is 16.5. The molecular formula is C23H23FN2O4. The Balaban J connectivity index is 1.14. The van der Waals surface area contributed by atoms with Gasteiger partial charge in [-0.3, -0.25) is 9.59 Å². The van der Waals surface area contributed by atoms with E-state index in [1.165, 1.54) is 12.1 Å². The molecule has 30 heavy (non-hydrogen) atoms. The van der Waals surface area contributed by atoms with Crippen molar-refractivity contribution in [2.24, 2.45) is 5.92 Å². The van der Waals surface area contributed by atoms with Gasteiger partial charge in [0, 0.05) is 32.1 Å². The van der Waals surface area contributed by atoms with Crippen LogP contribution >= 0.6 is 0 Å². The van der Waals surface area contributed by atoms with Crippen LogP contribution < -0.4 is 9.47 Å². The first-order chi connectivity index (χ1) is 14.6. The number of carbonyl (C=O) groups is 2. The van der Waals surface area contributed by atoms with Crippen molar-refractivity contribution in [2.45, 2.75) is 18.4 Å². The molecule has 2 aromatic carbocycles. The largest absolute Gasteiger partial charge is 0.485 e. The van der Waals surface area contributed by atoms with Crippen molar-refractivity contribution in [3.05, 3.63) is 59.9 Å². The number of benzene rings is 2. The quantitative estimate of drug-likeness (QED) is 0.780. The monoisotopic (exact) mass is 410 g/mol. The Kier molecular flexibility index (Phi) is 4.81. The van der Waals surface area contributed by atoms with Gasteiger partial charge in [0.05, 0.1) is 0 Å². The van der Waals surface area contributed by atoms with Crippen molar-refractivity contribution in [1.29, 1.82) is 0 Å². The summed E-state index contributed by atoms with van der Waals surface area (Å²) in [4.78, 5) is 29.3. The summed E-state index contributed by atoms with van der Waals surface area (Å²) in [5, 5.41) is 0. The Bertz CT molecular complexity index is 956. The number of carbonyl (C=O) groups excluding carboxylic acids is 2. The van der Waals surface area contributed by atoms with Crippen molar-refractivity contribution < 1.29 is 23.5 Å². The van der Waals surface area contributed by atoms with Crippen LogP contribution in [0.15, 0.2) is 48.5 Å². The van der Waals surface area contributed by atoms with Crippen LogP contribution in [0, 0.1) is 11.7 Å². The molecule has 0 radical (unpaired) electrons. The lowest BCUT2D eigenvalue weighted by atomic mass is 10.1. The first-order valence-electron chi connectivity index (χ1n) is 10.3. The van der Waals surface area contributed by atoms with Gasteiger partial charge in [-0.1, -0.05) is 24.3 Å². The van der Waals surface area contributed by atoms with Crippen molar-refractivity contribution in [1.82, 2.24) is 9.80 Å². The molecule has 5 rings (SSSR count). The summed E-state index contributed by atoms with van der Waals surface area (Å²) in [7, 11) is 0. The van der Waals surface area contributed by atoms with Crippen LogP contribution in [-0.2, 0) is 9.59 Å². The minimum Gasteiger partial charge on any atom is -0.485 e. The molecule has 1 aliphatic carbocycles. The lowest BCUT2D eigenvalue weighted by Gasteiger charge is -2.37.